The zero-order chi connectivity index (χ0) is 13.8. The maximum atomic E-state index is 11.9. The van der Waals surface area contributed by atoms with Gasteiger partial charge in [-0.3, -0.25) is 4.79 Å². The van der Waals surface area contributed by atoms with Crippen molar-refractivity contribution in [2.24, 2.45) is 0 Å². The fourth-order valence-corrected chi connectivity index (χ4v) is 1.87. The molecule has 1 unspecified atom stereocenters. The molecule has 0 fully saturated rings. The standard InChI is InChI=1S/C15H14ClNO2/c1-10-5-7-11(8-6-10)14(18)15(19)17-13-4-2-3-12(16)9-13/h2-9,14,18H,1H3,(H,17,19). The summed E-state index contributed by atoms with van der Waals surface area (Å²) in [5.41, 5.74) is 2.19. The number of carbonyl (C=O) groups is 1. The Hall–Kier alpha value is -1.84. The van der Waals surface area contributed by atoms with Crippen molar-refractivity contribution in [1.82, 2.24) is 0 Å². The number of halogens is 1. The summed E-state index contributed by atoms with van der Waals surface area (Å²) in [6, 6.07) is 14.0. The van der Waals surface area contributed by atoms with Crippen LogP contribution in [0, 0.1) is 6.92 Å². The van der Waals surface area contributed by atoms with Gasteiger partial charge in [-0.05, 0) is 30.7 Å². The van der Waals surface area contributed by atoms with Gasteiger partial charge in [0.15, 0.2) is 6.10 Å². The van der Waals surface area contributed by atoms with E-state index in [-0.39, 0.29) is 0 Å². The maximum Gasteiger partial charge on any atom is 0.257 e. The molecule has 19 heavy (non-hydrogen) atoms. The highest BCUT2D eigenvalue weighted by Crippen LogP contribution is 2.19. The van der Waals surface area contributed by atoms with E-state index in [9.17, 15) is 9.90 Å². The van der Waals surface area contributed by atoms with E-state index in [2.05, 4.69) is 5.32 Å². The van der Waals surface area contributed by atoms with Crippen LogP contribution in [0.5, 0.6) is 0 Å². The average molecular weight is 276 g/mol. The van der Waals surface area contributed by atoms with Crippen LogP contribution in [-0.4, -0.2) is 11.0 Å². The van der Waals surface area contributed by atoms with Crippen molar-refractivity contribution in [3.05, 3.63) is 64.7 Å². The number of hydrogen-bond acceptors (Lipinski definition) is 2. The molecular weight excluding hydrogens is 262 g/mol. The van der Waals surface area contributed by atoms with Gasteiger partial charge in [-0.15, -0.1) is 0 Å². The monoisotopic (exact) mass is 275 g/mol. The van der Waals surface area contributed by atoms with Gasteiger partial charge < -0.3 is 10.4 Å². The molecule has 1 atom stereocenters. The number of hydrogen-bond donors (Lipinski definition) is 2. The van der Waals surface area contributed by atoms with Crippen LogP contribution in [-0.2, 0) is 4.79 Å². The van der Waals surface area contributed by atoms with Crippen molar-refractivity contribution >= 4 is 23.2 Å². The zero-order valence-electron chi connectivity index (χ0n) is 10.4. The molecule has 0 saturated carbocycles. The normalized spacial score (nSPS) is 11.9. The Kier molecular flexibility index (Phi) is 4.20. The number of rotatable bonds is 3. The first-order valence-electron chi connectivity index (χ1n) is 5.87. The minimum absolute atomic E-state index is 0.480. The topological polar surface area (TPSA) is 49.3 Å². The smallest absolute Gasteiger partial charge is 0.257 e. The minimum atomic E-state index is -1.19. The molecule has 2 aromatic carbocycles. The SMILES string of the molecule is Cc1ccc(C(O)C(=O)Nc2cccc(Cl)c2)cc1. The summed E-state index contributed by atoms with van der Waals surface area (Å²) in [5, 5.41) is 13.1. The highest BCUT2D eigenvalue weighted by molar-refractivity contribution is 6.30. The lowest BCUT2D eigenvalue weighted by molar-refractivity contribution is -0.124. The Morgan fingerprint density at radius 3 is 2.53 bits per heavy atom. The average Bonchev–Trinajstić information content (AvgIpc) is 2.39. The number of aliphatic hydroxyl groups excluding tert-OH is 1. The van der Waals surface area contributed by atoms with Crippen LogP contribution in [0.15, 0.2) is 48.5 Å². The number of carbonyl (C=O) groups excluding carboxylic acids is 1. The van der Waals surface area contributed by atoms with Crippen LogP contribution in [0.4, 0.5) is 5.69 Å². The summed E-state index contributed by atoms with van der Waals surface area (Å²) in [6.45, 7) is 1.95. The summed E-state index contributed by atoms with van der Waals surface area (Å²) in [4.78, 5) is 11.9. The van der Waals surface area contributed by atoms with Gasteiger partial charge in [0, 0.05) is 10.7 Å². The van der Waals surface area contributed by atoms with Crippen molar-refractivity contribution in [2.75, 3.05) is 5.32 Å². The van der Waals surface area contributed by atoms with Crippen LogP contribution in [0.3, 0.4) is 0 Å². The third-order valence-electron chi connectivity index (χ3n) is 2.73. The third kappa shape index (κ3) is 3.56. The Balaban J connectivity index is 2.09. The Labute approximate surface area is 116 Å². The van der Waals surface area contributed by atoms with Crippen molar-refractivity contribution in [1.29, 1.82) is 0 Å². The van der Waals surface area contributed by atoms with Crippen LogP contribution in [0.25, 0.3) is 0 Å². The van der Waals surface area contributed by atoms with E-state index in [1.165, 1.54) is 0 Å². The molecule has 0 spiro atoms. The fourth-order valence-electron chi connectivity index (χ4n) is 1.68. The van der Waals surface area contributed by atoms with E-state index in [1.54, 1.807) is 36.4 Å². The summed E-state index contributed by atoms with van der Waals surface area (Å²) in [5.74, 6) is -0.480. The maximum absolute atomic E-state index is 11.9. The van der Waals surface area contributed by atoms with Gasteiger partial charge in [-0.2, -0.15) is 0 Å². The van der Waals surface area contributed by atoms with Crippen molar-refractivity contribution in [2.45, 2.75) is 13.0 Å². The molecule has 98 valence electrons. The van der Waals surface area contributed by atoms with E-state index in [0.29, 0.717) is 16.3 Å². The van der Waals surface area contributed by atoms with Gasteiger partial charge in [-0.1, -0.05) is 47.5 Å². The van der Waals surface area contributed by atoms with Crippen LogP contribution >= 0.6 is 11.6 Å². The Morgan fingerprint density at radius 2 is 1.89 bits per heavy atom. The van der Waals surface area contributed by atoms with E-state index < -0.39 is 12.0 Å². The van der Waals surface area contributed by atoms with Crippen molar-refractivity contribution in [3.8, 4) is 0 Å². The Morgan fingerprint density at radius 1 is 1.21 bits per heavy atom. The predicted octanol–water partition coefficient (Wildman–Crippen LogP) is 3.32. The largest absolute Gasteiger partial charge is 0.378 e. The number of benzene rings is 2. The lowest BCUT2D eigenvalue weighted by Crippen LogP contribution is -2.20. The number of aliphatic hydroxyl groups is 1. The van der Waals surface area contributed by atoms with E-state index in [1.807, 2.05) is 19.1 Å². The molecular formula is C15H14ClNO2. The molecule has 1 amide bonds. The first-order valence-corrected chi connectivity index (χ1v) is 6.25. The molecule has 4 heteroatoms. The molecule has 3 nitrogen and oxygen atoms in total. The predicted molar refractivity (Wildman–Crippen MR) is 76.2 cm³/mol. The van der Waals surface area contributed by atoms with Crippen molar-refractivity contribution < 1.29 is 9.90 Å². The Bertz CT molecular complexity index is 581. The second-order valence-electron chi connectivity index (χ2n) is 4.31. The quantitative estimate of drug-likeness (QED) is 0.903. The van der Waals surface area contributed by atoms with Gasteiger partial charge in [-0.25, -0.2) is 0 Å². The van der Waals surface area contributed by atoms with Gasteiger partial charge in [0.2, 0.25) is 0 Å². The molecule has 0 aliphatic rings. The van der Waals surface area contributed by atoms with Crippen LogP contribution in [0.1, 0.15) is 17.2 Å². The lowest BCUT2D eigenvalue weighted by Gasteiger charge is -2.12. The molecule has 0 heterocycles. The summed E-state index contributed by atoms with van der Waals surface area (Å²) in [6.07, 6.45) is -1.19. The molecule has 0 aliphatic carbocycles. The molecule has 2 N–H and O–H groups in total. The molecule has 2 rings (SSSR count). The number of anilines is 1. The van der Waals surface area contributed by atoms with Gasteiger partial charge >= 0.3 is 0 Å². The second kappa shape index (κ2) is 5.87. The highest BCUT2D eigenvalue weighted by Gasteiger charge is 2.17. The van der Waals surface area contributed by atoms with Gasteiger partial charge in [0.05, 0.1) is 0 Å². The van der Waals surface area contributed by atoms with E-state index in [4.69, 9.17) is 11.6 Å². The molecule has 2 aromatic rings. The minimum Gasteiger partial charge on any atom is -0.378 e. The van der Waals surface area contributed by atoms with E-state index in [0.717, 1.165) is 5.56 Å². The van der Waals surface area contributed by atoms with Gasteiger partial charge in [0.25, 0.3) is 5.91 Å². The lowest BCUT2D eigenvalue weighted by atomic mass is 10.1. The third-order valence-corrected chi connectivity index (χ3v) is 2.97. The van der Waals surface area contributed by atoms with E-state index >= 15 is 0 Å². The number of aryl methyl sites for hydroxylation is 1. The number of amides is 1. The van der Waals surface area contributed by atoms with Crippen LogP contribution in [0.2, 0.25) is 5.02 Å². The van der Waals surface area contributed by atoms with Gasteiger partial charge in [0.1, 0.15) is 0 Å². The molecule has 0 radical (unpaired) electrons. The first kappa shape index (κ1) is 13.6. The molecule has 0 bridgehead atoms. The highest BCUT2D eigenvalue weighted by atomic mass is 35.5. The fraction of sp³-hybridized carbons (Fsp3) is 0.133. The summed E-state index contributed by atoms with van der Waals surface area (Å²) >= 11 is 5.83. The molecule has 0 aromatic heterocycles. The zero-order valence-corrected chi connectivity index (χ0v) is 11.2. The second-order valence-corrected chi connectivity index (χ2v) is 4.75. The number of nitrogens with one attached hydrogen (secondary N) is 1. The first-order chi connectivity index (χ1) is 9.06. The molecule has 0 saturated heterocycles. The van der Waals surface area contributed by atoms with Crippen molar-refractivity contribution in [3.63, 3.8) is 0 Å². The molecule has 0 aliphatic heterocycles. The summed E-state index contributed by atoms with van der Waals surface area (Å²) < 4.78 is 0. The summed E-state index contributed by atoms with van der Waals surface area (Å²) in [7, 11) is 0. The van der Waals surface area contributed by atoms with Crippen LogP contribution < -0.4 is 5.32 Å².